The average Bonchev–Trinajstić information content (AvgIpc) is 3.19. The van der Waals surface area contributed by atoms with E-state index in [4.69, 9.17) is 9.15 Å². The normalized spacial score (nSPS) is 35.9. The second kappa shape index (κ2) is 5.32. The fourth-order valence-corrected chi connectivity index (χ4v) is 5.66. The average molecular weight is 350 g/mol. The van der Waals surface area contributed by atoms with Gasteiger partial charge in [-0.15, -0.1) is 0 Å². The Morgan fingerprint density at radius 3 is 2.73 bits per heavy atom. The second-order valence-corrected chi connectivity index (χ2v) is 8.04. The number of carbonyl (C=O) groups is 2. The fraction of sp³-hybridized carbons (Fsp3) is 0.455. The van der Waals surface area contributed by atoms with Crippen molar-refractivity contribution in [1.82, 2.24) is 0 Å². The number of fused-ring (bicyclic) bond motifs is 1. The zero-order chi connectivity index (χ0) is 17.9. The number of ketones is 2. The van der Waals surface area contributed by atoms with Crippen LogP contribution in [0.2, 0.25) is 0 Å². The molecule has 26 heavy (non-hydrogen) atoms. The molecule has 2 aliphatic carbocycles. The molecule has 2 aromatic rings. The lowest BCUT2D eigenvalue weighted by molar-refractivity contribution is -0.166. The van der Waals surface area contributed by atoms with Gasteiger partial charge in [-0.05, 0) is 50.5 Å². The van der Waals surface area contributed by atoms with Crippen LogP contribution in [-0.2, 0) is 4.79 Å². The standard InChI is InChI=1S/C22H22O4/c1-21-19(23)13-15(17-10-6-12-25-17)16-8-4-5-11-22(16,21)26-18-9-3-2-7-14(18)20(21)24/h2-3,6-7,9-10,12,15-16H,4-5,8,11,13H2,1H3/t15-,16+,21+,22-/m0/s1. The van der Waals surface area contributed by atoms with Crippen molar-refractivity contribution < 1.29 is 18.7 Å². The molecule has 1 spiro atoms. The third kappa shape index (κ3) is 1.80. The molecule has 4 nitrogen and oxygen atoms in total. The van der Waals surface area contributed by atoms with Crippen molar-refractivity contribution >= 4 is 11.6 Å². The molecule has 0 saturated heterocycles. The van der Waals surface area contributed by atoms with E-state index < -0.39 is 11.0 Å². The second-order valence-electron chi connectivity index (χ2n) is 8.04. The smallest absolute Gasteiger partial charge is 0.183 e. The van der Waals surface area contributed by atoms with Gasteiger partial charge in [-0.3, -0.25) is 9.59 Å². The fourth-order valence-electron chi connectivity index (χ4n) is 5.66. The predicted octanol–water partition coefficient (Wildman–Crippen LogP) is 4.55. The molecule has 2 heterocycles. The highest BCUT2D eigenvalue weighted by molar-refractivity contribution is 6.18. The van der Waals surface area contributed by atoms with Gasteiger partial charge in [-0.2, -0.15) is 0 Å². The lowest BCUT2D eigenvalue weighted by Gasteiger charge is -2.59. The van der Waals surface area contributed by atoms with Crippen molar-refractivity contribution in [3.05, 3.63) is 54.0 Å². The minimum absolute atomic E-state index is 0.0171. The Kier molecular flexibility index (Phi) is 3.25. The summed E-state index contributed by atoms with van der Waals surface area (Å²) in [6, 6.07) is 11.2. The number of Topliss-reactive ketones (excluding diaryl/α,β-unsaturated/α-hetero) is 2. The van der Waals surface area contributed by atoms with Crippen LogP contribution in [-0.4, -0.2) is 17.2 Å². The van der Waals surface area contributed by atoms with Gasteiger partial charge < -0.3 is 9.15 Å². The van der Waals surface area contributed by atoms with E-state index in [1.807, 2.05) is 37.3 Å². The maximum absolute atomic E-state index is 13.5. The molecule has 0 N–H and O–H groups in total. The van der Waals surface area contributed by atoms with E-state index >= 15 is 0 Å². The third-order valence-corrected chi connectivity index (χ3v) is 6.99. The van der Waals surface area contributed by atoms with Crippen LogP contribution in [0.5, 0.6) is 5.75 Å². The summed E-state index contributed by atoms with van der Waals surface area (Å²) in [5.41, 5.74) is -1.35. The number of furan rings is 1. The molecular formula is C22H22O4. The number of para-hydroxylation sites is 1. The van der Waals surface area contributed by atoms with E-state index in [-0.39, 0.29) is 23.4 Å². The molecule has 1 aromatic heterocycles. The Morgan fingerprint density at radius 1 is 1.08 bits per heavy atom. The van der Waals surface area contributed by atoms with Gasteiger partial charge >= 0.3 is 0 Å². The van der Waals surface area contributed by atoms with Gasteiger partial charge in [0.15, 0.2) is 11.6 Å². The van der Waals surface area contributed by atoms with Crippen LogP contribution < -0.4 is 4.74 Å². The predicted molar refractivity (Wildman–Crippen MR) is 95.3 cm³/mol. The SMILES string of the molecule is C[C@]12C(=O)C[C@H](c3ccco3)[C@H]3CCCC[C@]31Oc1ccccc1C2=O. The molecule has 3 aliphatic rings. The minimum Gasteiger partial charge on any atom is -0.485 e. The highest BCUT2D eigenvalue weighted by atomic mass is 16.5. The summed E-state index contributed by atoms with van der Waals surface area (Å²) in [5.74, 6) is 1.44. The van der Waals surface area contributed by atoms with Gasteiger partial charge in [0.25, 0.3) is 0 Å². The van der Waals surface area contributed by atoms with E-state index in [1.54, 1.807) is 12.3 Å². The molecule has 5 rings (SSSR count). The van der Waals surface area contributed by atoms with Crippen molar-refractivity contribution in [3.8, 4) is 5.75 Å². The molecule has 134 valence electrons. The van der Waals surface area contributed by atoms with Gasteiger partial charge in [-0.1, -0.05) is 18.6 Å². The maximum Gasteiger partial charge on any atom is 0.183 e. The van der Waals surface area contributed by atoms with Gasteiger partial charge in [0.1, 0.15) is 22.5 Å². The quantitative estimate of drug-likeness (QED) is 0.708. The van der Waals surface area contributed by atoms with E-state index in [1.165, 1.54) is 0 Å². The number of hydrogen-bond acceptors (Lipinski definition) is 4. The van der Waals surface area contributed by atoms with E-state index in [2.05, 4.69) is 0 Å². The highest BCUT2D eigenvalue weighted by Gasteiger charge is 2.70. The topological polar surface area (TPSA) is 56.5 Å². The number of benzene rings is 1. The lowest BCUT2D eigenvalue weighted by atomic mass is 9.48. The summed E-state index contributed by atoms with van der Waals surface area (Å²) >= 11 is 0. The molecule has 4 heteroatoms. The van der Waals surface area contributed by atoms with Crippen LogP contribution in [0.15, 0.2) is 47.1 Å². The van der Waals surface area contributed by atoms with Crippen molar-refractivity contribution in [2.24, 2.45) is 11.3 Å². The van der Waals surface area contributed by atoms with Crippen LogP contribution in [0.3, 0.4) is 0 Å². The lowest BCUT2D eigenvalue weighted by Crippen LogP contribution is -2.69. The van der Waals surface area contributed by atoms with Crippen molar-refractivity contribution in [2.45, 2.75) is 50.5 Å². The van der Waals surface area contributed by atoms with E-state index in [0.717, 1.165) is 31.4 Å². The molecular weight excluding hydrogens is 328 g/mol. The Bertz CT molecular complexity index is 883. The zero-order valence-electron chi connectivity index (χ0n) is 14.9. The summed E-state index contributed by atoms with van der Waals surface area (Å²) in [6.07, 6.45) is 5.74. The number of hydrogen-bond donors (Lipinski definition) is 0. The number of rotatable bonds is 1. The zero-order valence-corrected chi connectivity index (χ0v) is 14.9. The molecule has 1 aliphatic heterocycles. The first kappa shape index (κ1) is 15.9. The molecule has 0 bridgehead atoms. The Balaban J connectivity index is 1.72. The Hall–Kier alpha value is -2.36. The molecule has 2 saturated carbocycles. The Morgan fingerprint density at radius 2 is 1.92 bits per heavy atom. The van der Waals surface area contributed by atoms with Gasteiger partial charge in [0.05, 0.1) is 11.8 Å². The van der Waals surface area contributed by atoms with Crippen LogP contribution in [0.4, 0.5) is 0 Å². The largest absolute Gasteiger partial charge is 0.485 e. The summed E-state index contributed by atoms with van der Waals surface area (Å²) < 4.78 is 12.3. The van der Waals surface area contributed by atoms with Gasteiger partial charge in [0.2, 0.25) is 0 Å². The summed E-state index contributed by atoms with van der Waals surface area (Å²) in [5, 5.41) is 0. The maximum atomic E-state index is 13.5. The molecule has 1 aromatic carbocycles. The first-order valence-corrected chi connectivity index (χ1v) is 9.47. The van der Waals surface area contributed by atoms with Crippen molar-refractivity contribution in [3.63, 3.8) is 0 Å². The molecule has 0 radical (unpaired) electrons. The monoisotopic (exact) mass is 350 g/mol. The highest BCUT2D eigenvalue weighted by Crippen LogP contribution is 2.62. The third-order valence-electron chi connectivity index (χ3n) is 6.99. The summed E-state index contributed by atoms with van der Waals surface area (Å²) in [6.45, 7) is 1.82. The van der Waals surface area contributed by atoms with E-state index in [9.17, 15) is 9.59 Å². The number of ether oxygens (including phenoxy) is 1. The van der Waals surface area contributed by atoms with Crippen LogP contribution in [0, 0.1) is 11.3 Å². The van der Waals surface area contributed by atoms with Gasteiger partial charge in [-0.25, -0.2) is 0 Å². The van der Waals surface area contributed by atoms with Crippen molar-refractivity contribution in [1.29, 1.82) is 0 Å². The summed E-state index contributed by atoms with van der Waals surface area (Å²) in [7, 11) is 0. The number of carbonyl (C=O) groups excluding carboxylic acids is 2. The molecule has 0 unspecified atom stereocenters. The molecule has 0 amide bonds. The van der Waals surface area contributed by atoms with Gasteiger partial charge in [0, 0.05) is 18.3 Å². The first-order chi connectivity index (χ1) is 12.6. The molecule has 4 atom stereocenters. The molecule has 2 fully saturated rings. The van der Waals surface area contributed by atoms with E-state index in [0.29, 0.717) is 17.7 Å². The minimum atomic E-state index is -1.12. The van der Waals surface area contributed by atoms with Crippen molar-refractivity contribution in [2.75, 3.05) is 0 Å². The van der Waals surface area contributed by atoms with Crippen LogP contribution >= 0.6 is 0 Å². The van der Waals surface area contributed by atoms with Crippen LogP contribution in [0.1, 0.15) is 61.1 Å². The van der Waals surface area contributed by atoms with Crippen LogP contribution in [0.25, 0.3) is 0 Å². The Labute approximate surface area is 152 Å². The first-order valence-electron chi connectivity index (χ1n) is 9.47. The summed E-state index contributed by atoms with van der Waals surface area (Å²) in [4.78, 5) is 26.9.